The van der Waals surface area contributed by atoms with Gasteiger partial charge in [-0.05, 0) is 49.7 Å². The summed E-state index contributed by atoms with van der Waals surface area (Å²) in [5, 5.41) is 0. The van der Waals surface area contributed by atoms with E-state index in [2.05, 4.69) is 10.8 Å². The Hall–Kier alpha value is -2.34. The number of fused-ring (bicyclic) bond motifs is 1. The maximum absolute atomic E-state index is 12.9. The first kappa shape index (κ1) is 17.5. The van der Waals surface area contributed by atoms with Gasteiger partial charge in [0.15, 0.2) is 6.61 Å². The third-order valence-electron chi connectivity index (χ3n) is 4.37. The molecule has 25 heavy (non-hydrogen) atoms. The highest BCUT2D eigenvalue weighted by atomic mass is 19.1. The van der Waals surface area contributed by atoms with E-state index >= 15 is 0 Å². The van der Waals surface area contributed by atoms with Crippen LogP contribution in [0.25, 0.3) is 0 Å². The molecule has 1 aromatic heterocycles. The van der Waals surface area contributed by atoms with Gasteiger partial charge in [-0.3, -0.25) is 4.79 Å². The molecule has 134 valence electrons. The molecule has 1 amide bonds. The lowest BCUT2D eigenvalue weighted by Gasteiger charge is -2.35. The monoisotopic (exact) mass is 346 g/mol. The first-order valence-electron chi connectivity index (χ1n) is 8.57. The molecular weight excluding hydrogens is 323 g/mol. The Balaban J connectivity index is 1.60. The zero-order chi connectivity index (χ0) is 17.6. The Bertz CT molecular complexity index is 699. The molecule has 1 aliphatic heterocycles. The summed E-state index contributed by atoms with van der Waals surface area (Å²) in [4.78, 5) is 14.3. The number of hydrogen-bond acceptors (Lipinski definition) is 3. The van der Waals surface area contributed by atoms with E-state index in [1.807, 2.05) is 24.0 Å². The molecule has 0 radical (unpaired) electrons. The van der Waals surface area contributed by atoms with E-state index in [9.17, 15) is 9.18 Å². The van der Waals surface area contributed by atoms with Crippen LogP contribution in [0.5, 0.6) is 5.75 Å². The van der Waals surface area contributed by atoms with Crippen LogP contribution in [0.1, 0.15) is 25.1 Å². The van der Waals surface area contributed by atoms with Crippen molar-refractivity contribution in [2.75, 3.05) is 26.4 Å². The summed E-state index contributed by atoms with van der Waals surface area (Å²) in [7, 11) is 0. The molecule has 3 rings (SSSR count). The molecule has 2 heterocycles. The molecule has 6 heteroatoms. The Morgan fingerprint density at radius 2 is 2.08 bits per heavy atom. The second kappa shape index (κ2) is 8.16. The molecule has 1 unspecified atom stereocenters. The standard InChI is InChI=1S/C19H23FN2O3/c1-2-24-11-9-17-13-21(12-16-4-3-10-22(16)17)19(23)14-25-18-7-5-15(20)6-8-18/h3-8,10,17H,2,9,11-14H2,1H3. The van der Waals surface area contributed by atoms with E-state index in [0.717, 1.165) is 12.1 Å². The summed E-state index contributed by atoms with van der Waals surface area (Å²) in [5.41, 5.74) is 1.11. The first-order chi connectivity index (χ1) is 12.2. The Morgan fingerprint density at radius 1 is 1.28 bits per heavy atom. The fraction of sp³-hybridized carbons (Fsp3) is 0.421. The topological polar surface area (TPSA) is 43.7 Å². The van der Waals surface area contributed by atoms with Crippen LogP contribution in [-0.2, 0) is 16.1 Å². The second-order valence-electron chi connectivity index (χ2n) is 6.06. The van der Waals surface area contributed by atoms with Crippen LogP contribution in [0.3, 0.4) is 0 Å². The van der Waals surface area contributed by atoms with E-state index in [4.69, 9.17) is 9.47 Å². The fourth-order valence-corrected chi connectivity index (χ4v) is 3.07. The molecule has 0 N–H and O–H groups in total. The van der Waals surface area contributed by atoms with Crippen LogP contribution in [-0.4, -0.2) is 41.7 Å². The van der Waals surface area contributed by atoms with E-state index in [0.29, 0.717) is 32.1 Å². The second-order valence-corrected chi connectivity index (χ2v) is 6.06. The highest BCUT2D eigenvalue weighted by molar-refractivity contribution is 5.78. The molecule has 0 saturated heterocycles. The van der Waals surface area contributed by atoms with Crippen LogP contribution < -0.4 is 4.74 Å². The molecule has 5 nitrogen and oxygen atoms in total. The minimum atomic E-state index is -0.326. The molecule has 1 atom stereocenters. The van der Waals surface area contributed by atoms with Gasteiger partial charge < -0.3 is 18.9 Å². The van der Waals surface area contributed by atoms with Gasteiger partial charge in [-0.15, -0.1) is 0 Å². The van der Waals surface area contributed by atoms with Crippen molar-refractivity contribution < 1.29 is 18.7 Å². The molecule has 0 fully saturated rings. The van der Waals surface area contributed by atoms with Crippen molar-refractivity contribution in [3.8, 4) is 5.75 Å². The molecule has 0 spiro atoms. The Labute approximate surface area is 147 Å². The zero-order valence-corrected chi connectivity index (χ0v) is 14.4. The smallest absolute Gasteiger partial charge is 0.260 e. The van der Waals surface area contributed by atoms with E-state index in [1.54, 1.807) is 0 Å². The van der Waals surface area contributed by atoms with E-state index in [1.165, 1.54) is 24.3 Å². The maximum Gasteiger partial charge on any atom is 0.260 e. The van der Waals surface area contributed by atoms with Gasteiger partial charge in [0.05, 0.1) is 12.6 Å². The summed E-state index contributed by atoms with van der Waals surface area (Å²) in [6.45, 7) is 4.51. The Kier molecular flexibility index (Phi) is 5.71. The molecule has 2 aromatic rings. The van der Waals surface area contributed by atoms with Gasteiger partial charge in [-0.1, -0.05) is 0 Å². The summed E-state index contributed by atoms with van der Waals surface area (Å²) in [6.07, 6.45) is 2.92. The van der Waals surface area contributed by atoms with Crippen LogP contribution in [0.15, 0.2) is 42.6 Å². The summed E-state index contributed by atoms with van der Waals surface area (Å²) in [6, 6.07) is 9.93. The quantitative estimate of drug-likeness (QED) is 0.724. The molecule has 0 saturated carbocycles. The SMILES string of the molecule is CCOCCC1CN(C(=O)COc2ccc(F)cc2)Cc2cccn21. The van der Waals surface area contributed by atoms with Crippen molar-refractivity contribution >= 4 is 5.91 Å². The number of benzene rings is 1. The van der Waals surface area contributed by atoms with Crippen LogP contribution >= 0.6 is 0 Å². The van der Waals surface area contributed by atoms with Gasteiger partial charge >= 0.3 is 0 Å². The van der Waals surface area contributed by atoms with E-state index < -0.39 is 0 Å². The number of carbonyl (C=O) groups is 1. The lowest BCUT2D eigenvalue weighted by molar-refractivity contribution is -0.135. The number of hydrogen-bond donors (Lipinski definition) is 0. The number of rotatable bonds is 7. The number of aromatic nitrogens is 1. The predicted octanol–water partition coefficient (Wildman–Crippen LogP) is 3.02. The number of nitrogens with zero attached hydrogens (tertiary/aromatic N) is 2. The van der Waals surface area contributed by atoms with Gasteiger partial charge in [0.2, 0.25) is 0 Å². The molecule has 1 aromatic carbocycles. The van der Waals surface area contributed by atoms with Crippen molar-refractivity contribution in [2.45, 2.75) is 25.9 Å². The summed E-state index contributed by atoms with van der Waals surface area (Å²) < 4.78 is 26.1. The van der Waals surface area contributed by atoms with Crippen LogP contribution in [0.4, 0.5) is 4.39 Å². The van der Waals surface area contributed by atoms with Crippen molar-refractivity contribution in [2.24, 2.45) is 0 Å². The summed E-state index contributed by atoms with van der Waals surface area (Å²) in [5.74, 6) is 0.0915. The van der Waals surface area contributed by atoms with Crippen molar-refractivity contribution in [3.05, 3.63) is 54.1 Å². The van der Waals surface area contributed by atoms with Crippen LogP contribution in [0.2, 0.25) is 0 Å². The highest BCUT2D eigenvalue weighted by Gasteiger charge is 2.27. The Morgan fingerprint density at radius 3 is 2.84 bits per heavy atom. The van der Waals surface area contributed by atoms with Gasteiger partial charge in [-0.2, -0.15) is 0 Å². The molecule has 1 aliphatic rings. The zero-order valence-electron chi connectivity index (χ0n) is 14.4. The number of amides is 1. The van der Waals surface area contributed by atoms with Gasteiger partial charge in [-0.25, -0.2) is 4.39 Å². The van der Waals surface area contributed by atoms with Gasteiger partial charge in [0.1, 0.15) is 11.6 Å². The van der Waals surface area contributed by atoms with Gasteiger partial charge in [0, 0.05) is 31.6 Å². The summed E-state index contributed by atoms with van der Waals surface area (Å²) >= 11 is 0. The third-order valence-corrected chi connectivity index (χ3v) is 4.37. The minimum Gasteiger partial charge on any atom is -0.484 e. The normalized spacial score (nSPS) is 16.6. The lowest BCUT2D eigenvalue weighted by Crippen LogP contribution is -2.43. The third kappa shape index (κ3) is 4.39. The van der Waals surface area contributed by atoms with Crippen molar-refractivity contribution in [1.29, 1.82) is 0 Å². The average molecular weight is 346 g/mol. The number of ether oxygens (including phenoxy) is 2. The van der Waals surface area contributed by atoms with Crippen molar-refractivity contribution in [3.63, 3.8) is 0 Å². The first-order valence-corrected chi connectivity index (χ1v) is 8.57. The number of halogens is 1. The van der Waals surface area contributed by atoms with Crippen LogP contribution in [0, 0.1) is 5.82 Å². The fourth-order valence-electron chi connectivity index (χ4n) is 3.07. The molecule has 0 bridgehead atoms. The average Bonchev–Trinajstić information content (AvgIpc) is 3.10. The van der Waals surface area contributed by atoms with Crippen molar-refractivity contribution in [1.82, 2.24) is 9.47 Å². The largest absolute Gasteiger partial charge is 0.484 e. The molecule has 0 aliphatic carbocycles. The van der Waals surface area contributed by atoms with Gasteiger partial charge in [0.25, 0.3) is 5.91 Å². The predicted molar refractivity (Wildman–Crippen MR) is 91.9 cm³/mol. The van der Waals surface area contributed by atoms with E-state index in [-0.39, 0.29) is 24.4 Å². The minimum absolute atomic E-state index is 0.0511. The maximum atomic E-state index is 12.9. The molecular formula is C19H23FN2O3. The lowest BCUT2D eigenvalue weighted by atomic mass is 10.1. The highest BCUT2D eigenvalue weighted by Crippen LogP contribution is 2.24. The number of carbonyl (C=O) groups excluding carboxylic acids is 1.